The van der Waals surface area contributed by atoms with Crippen LogP contribution in [-0.4, -0.2) is 41.9 Å². The van der Waals surface area contributed by atoms with Crippen LogP contribution in [0.2, 0.25) is 0 Å². The van der Waals surface area contributed by atoms with Crippen LogP contribution >= 0.6 is 15.2 Å². The molecule has 0 unspecified atom stereocenters. The van der Waals surface area contributed by atoms with E-state index < -0.39 is 32.0 Å². The van der Waals surface area contributed by atoms with Crippen LogP contribution in [0.25, 0.3) is 0 Å². The summed E-state index contributed by atoms with van der Waals surface area (Å²) >= 11 is 0. The number of rotatable bonds is 12. The van der Waals surface area contributed by atoms with E-state index in [-0.39, 0.29) is 32.1 Å². The predicted molar refractivity (Wildman–Crippen MR) is 96.8 cm³/mol. The minimum atomic E-state index is -4.08. The molecular weight excluding hydrogens is 388 g/mol. The molecule has 0 spiro atoms. The van der Waals surface area contributed by atoms with Crippen LogP contribution in [0.15, 0.2) is 15.8 Å². The van der Waals surface area contributed by atoms with Crippen LogP contribution in [0.4, 0.5) is 5.69 Å². The maximum absolute atomic E-state index is 13.3. The zero-order valence-electron chi connectivity index (χ0n) is 15.1. The number of nitrogens with one attached hydrogen (secondary N) is 3. The van der Waals surface area contributed by atoms with E-state index in [1.54, 1.807) is 27.7 Å². The first-order valence-electron chi connectivity index (χ1n) is 8.12. The van der Waals surface area contributed by atoms with E-state index >= 15 is 0 Å². The van der Waals surface area contributed by atoms with Crippen LogP contribution < -0.4 is 16.6 Å². The monoisotopic (exact) mass is 413 g/mol. The third kappa shape index (κ3) is 5.64. The third-order valence-corrected chi connectivity index (χ3v) is 8.56. The van der Waals surface area contributed by atoms with Crippen molar-refractivity contribution in [2.75, 3.05) is 31.7 Å². The Morgan fingerprint density at radius 1 is 0.923 bits per heavy atom. The van der Waals surface area contributed by atoms with Crippen molar-refractivity contribution < 1.29 is 27.2 Å². The van der Waals surface area contributed by atoms with Gasteiger partial charge in [-0.15, -0.1) is 0 Å². The van der Waals surface area contributed by atoms with Gasteiger partial charge in [-0.25, -0.2) is 4.79 Å². The summed E-state index contributed by atoms with van der Waals surface area (Å²) in [4.78, 5) is 27.4. The van der Waals surface area contributed by atoms with Crippen molar-refractivity contribution in [3.05, 3.63) is 27.0 Å². The molecule has 1 aromatic rings. The molecule has 0 aromatic carbocycles. The van der Waals surface area contributed by atoms with Crippen LogP contribution in [-0.2, 0) is 27.2 Å². The van der Waals surface area contributed by atoms with E-state index in [4.69, 9.17) is 18.1 Å². The SMILES string of the molecule is CCOP(=O)(OCC)C(Nc1c[nH]c(=O)[nH]c1=O)P(=O)(OCC)OCC. The summed E-state index contributed by atoms with van der Waals surface area (Å²) in [5.41, 5.74) is -3.35. The third-order valence-electron chi connectivity index (χ3n) is 2.94. The molecule has 1 rings (SSSR count). The molecule has 0 aliphatic heterocycles. The largest absolute Gasteiger partial charge is 0.365 e. The summed E-state index contributed by atoms with van der Waals surface area (Å²) < 4.78 is 47.6. The van der Waals surface area contributed by atoms with Crippen molar-refractivity contribution in [1.82, 2.24) is 9.97 Å². The van der Waals surface area contributed by atoms with Crippen molar-refractivity contribution in [2.45, 2.75) is 33.2 Å². The second-order valence-corrected chi connectivity index (χ2v) is 9.39. The molecule has 1 heterocycles. The Morgan fingerprint density at radius 3 is 1.69 bits per heavy atom. The molecule has 150 valence electrons. The molecule has 0 atom stereocenters. The van der Waals surface area contributed by atoms with Gasteiger partial charge in [-0.1, -0.05) is 0 Å². The number of aromatic amines is 2. The van der Waals surface area contributed by atoms with Crippen molar-refractivity contribution in [3.8, 4) is 0 Å². The summed E-state index contributed by atoms with van der Waals surface area (Å²) in [6.07, 6.45) is 1.05. The second kappa shape index (κ2) is 10.2. The van der Waals surface area contributed by atoms with Gasteiger partial charge in [0.05, 0.1) is 26.4 Å². The average molecular weight is 413 g/mol. The lowest BCUT2D eigenvalue weighted by Crippen LogP contribution is -2.31. The highest BCUT2D eigenvalue weighted by Crippen LogP contribution is 2.69. The summed E-state index contributed by atoms with van der Waals surface area (Å²) in [5, 5.41) is 2.55. The first kappa shape index (κ1) is 22.8. The molecule has 0 aliphatic rings. The quantitative estimate of drug-likeness (QED) is 0.439. The van der Waals surface area contributed by atoms with Crippen molar-refractivity contribution in [2.24, 2.45) is 0 Å². The average Bonchev–Trinajstić information content (AvgIpc) is 2.54. The van der Waals surface area contributed by atoms with Crippen LogP contribution in [0.1, 0.15) is 27.7 Å². The highest BCUT2D eigenvalue weighted by molar-refractivity contribution is 7.72. The lowest BCUT2D eigenvalue weighted by atomic mass is 10.5. The molecule has 0 bridgehead atoms. The number of aromatic nitrogens is 2. The number of hydrogen-bond acceptors (Lipinski definition) is 9. The number of hydrogen-bond donors (Lipinski definition) is 3. The van der Waals surface area contributed by atoms with Gasteiger partial charge in [0.15, 0.2) is 0 Å². The van der Waals surface area contributed by atoms with E-state index in [0.717, 1.165) is 6.20 Å². The molecule has 0 radical (unpaired) electrons. The molecule has 13 heteroatoms. The maximum Gasteiger partial charge on any atom is 0.365 e. The van der Waals surface area contributed by atoms with Gasteiger partial charge in [-0.2, -0.15) is 0 Å². The molecule has 0 saturated carbocycles. The highest BCUT2D eigenvalue weighted by atomic mass is 31.2. The van der Waals surface area contributed by atoms with Gasteiger partial charge in [0, 0.05) is 6.20 Å². The molecule has 3 N–H and O–H groups in total. The van der Waals surface area contributed by atoms with Gasteiger partial charge in [-0.05, 0) is 27.7 Å². The molecule has 1 aromatic heterocycles. The van der Waals surface area contributed by atoms with E-state index in [1.807, 2.05) is 4.98 Å². The molecule has 26 heavy (non-hydrogen) atoms. The number of anilines is 1. The molecule has 0 fully saturated rings. The lowest BCUT2D eigenvalue weighted by Gasteiger charge is -2.31. The van der Waals surface area contributed by atoms with E-state index in [1.165, 1.54) is 0 Å². The first-order valence-corrected chi connectivity index (χ1v) is 11.3. The number of H-pyrrole nitrogens is 2. The van der Waals surface area contributed by atoms with E-state index in [9.17, 15) is 18.7 Å². The Balaban J connectivity index is 3.48. The molecule has 11 nitrogen and oxygen atoms in total. The topological polar surface area (TPSA) is 149 Å². The molecule has 0 saturated heterocycles. The zero-order valence-corrected chi connectivity index (χ0v) is 16.9. The van der Waals surface area contributed by atoms with E-state index in [2.05, 4.69) is 10.3 Å². The highest BCUT2D eigenvalue weighted by Gasteiger charge is 2.51. The predicted octanol–water partition coefficient (Wildman–Crippen LogP) is 2.29. The smallest absolute Gasteiger partial charge is 0.356 e. The summed E-state index contributed by atoms with van der Waals surface area (Å²) in [5.74, 6) is 0. The Morgan fingerprint density at radius 2 is 1.35 bits per heavy atom. The van der Waals surface area contributed by atoms with Crippen molar-refractivity contribution >= 4 is 20.9 Å². The van der Waals surface area contributed by atoms with Gasteiger partial charge in [0.2, 0.25) is 5.52 Å². The first-order chi connectivity index (χ1) is 12.3. The summed E-state index contributed by atoms with van der Waals surface area (Å²) in [7, 11) is -8.15. The summed E-state index contributed by atoms with van der Waals surface area (Å²) in [6.45, 7) is 6.32. The van der Waals surface area contributed by atoms with Crippen LogP contribution in [0, 0.1) is 0 Å². The van der Waals surface area contributed by atoms with Crippen LogP contribution in [0.3, 0.4) is 0 Å². The standard InChI is InChI=1S/C13H25N3O8P2/c1-5-21-25(19,22-6-2)13(26(20,23-7-3)24-8-4)15-10-9-14-12(18)16-11(10)17/h9,13,15H,5-8H2,1-4H3,(H2,14,16,17,18). The fourth-order valence-corrected chi connectivity index (χ4v) is 7.00. The normalized spacial score (nSPS) is 12.5. The van der Waals surface area contributed by atoms with Crippen LogP contribution in [0.5, 0.6) is 0 Å². The minimum absolute atomic E-state index is 0.00428. The molecule has 0 aliphatic carbocycles. The van der Waals surface area contributed by atoms with Gasteiger partial charge in [-0.3, -0.25) is 18.9 Å². The van der Waals surface area contributed by atoms with Crippen molar-refractivity contribution in [3.63, 3.8) is 0 Å². The Kier molecular flexibility index (Phi) is 8.95. The Bertz CT molecular complexity index is 727. The summed E-state index contributed by atoms with van der Waals surface area (Å²) in [6, 6.07) is 0. The Labute approximate surface area is 150 Å². The van der Waals surface area contributed by atoms with Gasteiger partial charge < -0.3 is 28.4 Å². The maximum atomic E-state index is 13.3. The minimum Gasteiger partial charge on any atom is -0.356 e. The fraction of sp³-hybridized carbons (Fsp3) is 0.692. The van der Waals surface area contributed by atoms with Crippen molar-refractivity contribution in [1.29, 1.82) is 0 Å². The van der Waals surface area contributed by atoms with Gasteiger partial charge >= 0.3 is 20.9 Å². The van der Waals surface area contributed by atoms with E-state index in [0.29, 0.717) is 0 Å². The molecule has 0 amide bonds. The molecular formula is C13H25N3O8P2. The lowest BCUT2D eigenvalue weighted by molar-refractivity contribution is 0.198. The zero-order chi connectivity index (χ0) is 19.8. The fourth-order valence-electron chi connectivity index (χ4n) is 2.06. The second-order valence-electron chi connectivity index (χ2n) is 4.75. The van der Waals surface area contributed by atoms with Gasteiger partial charge in [0.25, 0.3) is 5.56 Å². The van der Waals surface area contributed by atoms with Gasteiger partial charge in [0.1, 0.15) is 5.69 Å². The Hall–Kier alpha value is -1.22.